The lowest BCUT2D eigenvalue weighted by Gasteiger charge is -2.02. The molecule has 1 aliphatic heterocycles. The highest BCUT2D eigenvalue weighted by Crippen LogP contribution is 2.26. The van der Waals surface area contributed by atoms with Crippen LogP contribution < -0.4 is 0 Å². The number of halogens is 2. The summed E-state index contributed by atoms with van der Waals surface area (Å²) in [6.45, 7) is 0. The molecule has 0 bridgehead atoms. The maximum atomic E-state index is 11.9. The number of carbonyl (C=O) groups is 1. The van der Waals surface area contributed by atoms with Gasteiger partial charge in [0.1, 0.15) is 0 Å². The third-order valence-electron chi connectivity index (χ3n) is 3.19. The molecule has 0 saturated heterocycles. The van der Waals surface area contributed by atoms with Gasteiger partial charge in [0.05, 0.1) is 15.5 Å². The number of aliphatic imine (C=N–C) groups is 1. The molecule has 0 N–H and O–H groups in total. The first-order valence-electron chi connectivity index (χ1n) is 6.66. The number of non-ortho nitro benzene ring substituents is 1. The van der Waals surface area contributed by atoms with Crippen molar-refractivity contribution in [3.05, 3.63) is 79.4 Å². The van der Waals surface area contributed by atoms with Gasteiger partial charge in [0.25, 0.3) is 5.69 Å². The Balaban J connectivity index is 1.94. The second kappa shape index (κ2) is 6.43. The van der Waals surface area contributed by atoms with Crippen LogP contribution in [0.3, 0.4) is 0 Å². The number of nitrogens with zero attached hydrogens (tertiary/aromatic N) is 2. The van der Waals surface area contributed by atoms with Crippen LogP contribution in [0.4, 0.5) is 5.69 Å². The maximum Gasteiger partial charge on any atom is 0.363 e. The summed E-state index contributed by atoms with van der Waals surface area (Å²) in [6, 6.07) is 10.4. The molecular weight excluding hydrogens is 355 g/mol. The van der Waals surface area contributed by atoms with Gasteiger partial charge in [-0.2, -0.15) is 0 Å². The Hall–Kier alpha value is -2.70. The number of rotatable bonds is 3. The molecular formula is C16H8Cl2N2O4. The third-order valence-corrected chi connectivity index (χ3v) is 3.75. The van der Waals surface area contributed by atoms with E-state index < -0.39 is 10.9 Å². The number of hydrogen-bond donors (Lipinski definition) is 0. The number of benzene rings is 2. The monoisotopic (exact) mass is 362 g/mol. The molecule has 0 fully saturated rings. The van der Waals surface area contributed by atoms with Crippen LogP contribution in [0, 0.1) is 10.1 Å². The van der Waals surface area contributed by atoms with E-state index in [0.29, 0.717) is 21.2 Å². The van der Waals surface area contributed by atoms with Gasteiger partial charge in [-0.3, -0.25) is 10.1 Å². The third kappa shape index (κ3) is 3.29. The van der Waals surface area contributed by atoms with Crippen molar-refractivity contribution in [2.75, 3.05) is 0 Å². The van der Waals surface area contributed by atoms with Gasteiger partial charge in [0, 0.05) is 17.2 Å². The molecule has 1 aliphatic rings. The molecule has 0 aliphatic carbocycles. The summed E-state index contributed by atoms with van der Waals surface area (Å²) in [5.41, 5.74) is 1.01. The summed E-state index contributed by atoms with van der Waals surface area (Å²) in [5, 5.41) is 11.4. The fourth-order valence-corrected chi connectivity index (χ4v) is 2.41. The second-order valence-corrected chi connectivity index (χ2v) is 5.65. The largest absolute Gasteiger partial charge is 0.402 e. The standard InChI is InChI=1S/C16H8Cl2N2O4/c17-10-3-6-13(18)12(8-10)15-19-14(16(21)24-15)7-9-1-4-11(5-2-9)20(22)23/h1-8H/b14-7-. The van der Waals surface area contributed by atoms with Crippen LogP contribution in [0.1, 0.15) is 11.1 Å². The predicted octanol–water partition coefficient (Wildman–Crippen LogP) is 4.25. The van der Waals surface area contributed by atoms with Crippen LogP contribution in [0.2, 0.25) is 10.0 Å². The molecule has 120 valence electrons. The highest BCUT2D eigenvalue weighted by molar-refractivity contribution is 6.36. The molecule has 2 aromatic carbocycles. The second-order valence-electron chi connectivity index (χ2n) is 4.81. The first-order valence-corrected chi connectivity index (χ1v) is 7.42. The summed E-state index contributed by atoms with van der Waals surface area (Å²) in [5.74, 6) is -0.583. The van der Waals surface area contributed by atoms with E-state index in [4.69, 9.17) is 27.9 Å². The number of nitro benzene ring substituents is 1. The number of hydrogen-bond acceptors (Lipinski definition) is 5. The van der Waals surface area contributed by atoms with E-state index in [2.05, 4.69) is 4.99 Å². The maximum absolute atomic E-state index is 11.9. The van der Waals surface area contributed by atoms with Crippen molar-refractivity contribution in [3.8, 4) is 0 Å². The molecule has 0 spiro atoms. The molecule has 0 aromatic heterocycles. The normalized spacial score (nSPS) is 15.3. The van der Waals surface area contributed by atoms with E-state index >= 15 is 0 Å². The van der Waals surface area contributed by atoms with E-state index in [1.54, 1.807) is 18.2 Å². The number of carbonyl (C=O) groups excluding carboxylic acids is 1. The van der Waals surface area contributed by atoms with Crippen molar-refractivity contribution in [1.29, 1.82) is 0 Å². The van der Waals surface area contributed by atoms with Crippen molar-refractivity contribution in [2.45, 2.75) is 0 Å². The molecule has 6 nitrogen and oxygen atoms in total. The Bertz CT molecular complexity index is 905. The van der Waals surface area contributed by atoms with Crippen molar-refractivity contribution in [2.24, 2.45) is 4.99 Å². The molecule has 2 aromatic rings. The summed E-state index contributed by atoms with van der Waals surface area (Å²) < 4.78 is 5.12. The highest BCUT2D eigenvalue weighted by atomic mass is 35.5. The molecule has 24 heavy (non-hydrogen) atoms. The van der Waals surface area contributed by atoms with Crippen molar-refractivity contribution in [3.63, 3.8) is 0 Å². The summed E-state index contributed by atoms with van der Waals surface area (Å²) in [6.07, 6.45) is 1.47. The lowest BCUT2D eigenvalue weighted by molar-refractivity contribution is -0.384. The summed E-state index contributed by atoms with van der Waals surface area (Å²) >= 11 is 12.0. The van der Waals surface area contributed by atoms with E-state index in [9.17, 15) is 14.9 Å². The number of nitro groups is 1. The molecule has 1 heterocycles. The predicted molar refractivity (Wildman–Crippen MR) is 90.2 cm³/mol. The van der Waals surface area contributed by atoms with Gasteiger partial charge in [-0.1, -0.05) is 23.2 Å². The molecule has 3 rings (SSSR count). The van der Waals surface area contributed by atoms with E-state index in [1.807, 2.05) is 0 Å². The average molecular weight is 363 g/mol. The summed E-state index contributed by atoms with van der Waals surface area (Å²) in [4.78, 5) is 26.2. The Kier molecular flexibility index (Phi) is 4.33. The molecule has 0 saturated carbocycles. The SMILES string of the molecule is O=C1OC(c2cc(Cl)ccc2Cl)=N/C1=C\c1ccc([N+](=O)[O-])cc1. The van der Waals surface area contributed by atoms with Crippen LogP contribution in [-0.2, 0) is 9.53 Å². The van der Waals surface area contributed by atoms with Gasteiger partial charge in [-0.05, 0) is 42.0 Å². The van der Waals surface area contributed by atoms with Gasteiger partial charge >= 0.3 is 5.97 Å². The minimum atomic E-state index is -0.639. The van der Waals surface area contributed by atoms with Crippen molar-refractivity contribution in [1.82, 2.24) is 0 Å². The molecule has 0 amide bonds. The van der Waals surface area contributed by atoms with Crippen molar-refractivity contribution < 1.29 is 14.5 Å². The molecule has 0 atom stereocenters. The Morgan fingerprint density at radius 2 is 1.83 bits per heavy atom. The van der Waals surface area contributed by atoms with E-state index in [0.717, 1.165) is 0 Å². The first-order chi connectivity index (χ1) is 11.4. The Morgan fingerprint density at radius 3 is 2.50 bits per heavy atom. The topological polar surface area (TPSA) is 81.8 Å². The van der Waals surface area contributed by atoms with E-state index in [1.165, 1.54) is 30.3 Å². The smallest absolute Gasteiger partial charge is 0.363 e. The van der Waals surface area contributed by atoms with E-state index in [-0.39, 0.29) is 17.3 Å². The lowest BCUT2D eigenvalue weighted by Crippen LogP contribution is -2.06. The first kappa shape index (κ1) is 16.2. The minimum Gasteiger partial charge on any atom is -0.402 e. The zero-order valence-electron chi connectivity index (χ0n) is 11.9. The van der Waals surface area contributed by atoms with Crippen LogP contribution in [0.25, 0.3) is 6.08 Å². The van der Waals surface area contributed by atoms with Crippen molar-refractivity contribution >= 4 is 46.8 Å². The van der Waals surface area contributed by atoms with Gasteiger partial charge in [-0.15, -0.1) is 0 Å². The zero-order valence-corrected chi connectivity index (χ0v) is 13.4. The Morgan fingerprint density at radius 1 is 1.12 bits per heavy atom. The number of ether oxygens (including phenoxy) is 1. The van der Waals surface area contributed by atoms with Crippen LogP contribution >= 0.6 is 23.2 Å². The minimum absolute atomic E-state index is 0.0407. The number of cyclic esters (lactones) is 1. The Labute approximate surface area is 146 Å². The van der Waals surface area contributed by atoms with Crippen LogP contribution in [0.15, 0.2) is 53.2 Å². The number of esters is 1. The molecule has 0 unspecified atom stereocenters. The molecule has 0 radical (unpaired) electrons. The van der Waals surface area contributed by atoms with Gasteiger partial charge < -0.3 is 4.74 Å². The summed E-state index contributed by atoms with van der Waals surface area (Å²) in [7, 11) is 0. The van der Waals surface area contributed by atoms with Gasteiger partial charge in [0.2, 0.25) is 5.90 Å². The highest BCUT2D eigenvalue weighted by Gasteiger charge is 2.25. The van der Waals surface area contributed by atoms with Crippen LogP contribution in [0.5, 0.6) is 0 Å². The fraction of sp³-hybridized carbons (Fsp3) is 0. The quantitative estimate of drug-likeness (QED) is 0.353. The van der Waals surface area contributed by atoms with Gasteiger partial charge in [0.15, 0.2) is 5.70 Å². The van der Waals surface area contributed by atoms with Gasteiger partial charge in [-0.25, -0.2) is 9.79 Å². The molecule has 8 heteroatoms. The lowest BCUT2D eigenvalue weighted by atomic mass is 10.2. The van der Waals surface area contributed by atoms with Crippen LogP contribution in [-0.4, -0.2) is 16.8 Å². The zero-order chi connectivity index (χ0) is 17.3. The fourth-order valence-electron chi connectivity index (χ4n) is 2.04. The average Bonchev–Trinajstić information content (AvgIpc) is 2.91.